The van der Waals surface area contributed by atoms with Gasteiger partial charge in [-0.1, -0.05) is 24.3 Å². The number of aldehydes is 1. The number of ether oxygens (including phenoxy) is 1. The Balaban J connectivity index is 1.92. The van der Waals surface area contributed by atoms with Gasteiger partial charge >= 0.3 is 0 Å². The first-order valence-electron chi connectivity index (χ1n) is 6.99. The van der Waals surface area contributed by atoms with Gasteiger partial charge in [0.25, 0.3) is 0 Å². The van der Waals surface area contributed by atoms with Crippen molar-refractivity contribution in [2.45, 2.75) is 18.8 Å². The van der Waals surface area contributed by atoms with E-state index < -0.39 is 0 Å². The van der Waals surface area contributed by atoms with E-state index in [1.165, 1.54) is 0 Å². The van der Waals surface area contributed by atoms with Crippen molar-refractivity contribution in [1.82, 2.24) is 0 Å². The Hall–Kier alpha value is -2.42. The minimum atomic E-state index is -0.119. The van der Waals surface area contributed by atoms with Gasteiger partial charge in [0.1, 0.15) is 12.0 Å². The van der Waals surface area contributed by atoms with Crippen molar-refractivity contribution in [3.05, 3.63) is 64.7 Å². The van der Waals surface area contributed by atoms with E-state index in [1.54, 1.807) is 19.2 Å². The lowest BCUT2D eigenvalue weighted by atomic mass is 9.79. The molecular formula is C18H16O3. The Bertz CT molecular complexity index is 686. The molecule has 21 heavy (non-hydrogen) atoms. The quantitative estimate of drug-likeness (QED) is 0.809. The number of benzene rings is 2. The standard InChI is InChI=1S/C18H16O3/c1-21-15-7-9-17-14(10-15)6-8-16(18(17)20)13-4-2-12(11-19)3-5-13/h2-5,7,9-11,16H,6,8H2,1H3. The fourth-order valence-electron chi connectivity index (χ4n) is 2.89. The molecule has 3 nitrogen and oxygen atoms in total. The second kappa shape index (κ2) is 5.52. The smallest absolute Gasteiger partial charge is 0.170 e. The third-order valence-electron chi connectivity index (χ3n) is 4.07. The molecule has 0 amide bonds. The Kier molecular flexibility index (Phi) is 3.57. The largest absolute Gasteiger partial charge is 0.497 e. The minimum absolute atomic E-state index is 0.119. The predicted octanol–water partition coefficient (Wildman–Crippen LogP) is 3.42. The minimum Gasteiger partial charge on any atom is -0.497 e. The second-order valence-electron chi connectivity index (χ2n) is 5.26. The van der Waals surface area contributed by atoms with E-state index in [0.717, 1.165) is 41.6 Å². The van der Waals surface area contributed by atoms with Gasteiger partial charge in [0.2, 0.25) is 0 Å². The molecule has 0 bridgehead atoms. The zero-order valence-corrected chi connectivity index (χ0v) is 11.8. The molecule has 0 radical (unpaired) electrons. The highest BCUT2D eigenvalue weighted by atomic mass is 16.5. The van der Waals surface area contributed by atoms with E-state index in [1.807, 2.05) is 30.3 Å². The van der Waals surface area contributed by atoms with Gasteiger partial charge < -0.3 is 4.74 Å². The SMILES string of the molecule is COc1ccc2c(c1)CCC(c1ccc(C=O)cc1)C2=O. The van der Waals surface area contributed by atoms with Crippen molar-refractivity contribution < 1.29 is 14.3 Å². The number of ketones is 1. The number of hydrogen-bond acceptors (Lipinski definition) is 3. The van der Waals surface area contributed by atoms with Crippen LogP contribution >= 0.6 is 0 Å². The Morgan fingerprint density at radius 3 is 2.57 bits per heavy atom. The van der Waals surface area contributed by atoms with Crippen LogP contribution in [0.3, 0.4) is 0 Å². The Labute approximate surface area is 123 Å². The van der Waals surface area contributed by atoms with Crippen LogP contribution in [0.2, 0.25) is 0 Å². The average Bonchev–Trinajstić information content (AvgIpc) is 2.55. The molecular weight excluding hydrogens is 264 g/mol. The molecule has 106 valence electrons. The summed E-state index contributed by atoms with van der Waals surface area (Å²) in [6.45, 7) is 0. The summed E-state index contributed by atoms with van der Waals surface area (Å²) in [6.07, 6.45) is 2.46. The molecule has 2 aromatic rings. The highest BCUT2D eigenvalue weighted by Crippen LogP contribution is 2.34. The van der Waals surface area contributed by atoms with Gasteiger partial charge in [-0.3, -0.25) is 9.59 Å². The summed E-state index contributed by atoms with van der Waals surface area (Å²) >= 11 is 0. The number of rotatable bonds is 3. The first-order chi connectivity index (χ1) is 10.2. The number of carbonyl (C=O) groups excluding carboxylic acids is 2. The van der Waals surface area contributed by atoms with E-state index in [9.17, 15) is 9.59 Å². The van der Waals surface area contributed by atoms with E-state index in [2.05, 4.69) is 0 Å². The van der Waals surface area contributed by atoms with Gasteiger partial charge in [0.15, 0.2) is 5.78 Å². The lowest BCUT2D eigenvalue weighted by Crippen LogP contribution is -2.21. The van der Waals surface area contributed by atoms with Crippen LogP contribution in [0.5, 0.6) is 5.75 Å². The lowest BCUT2D eigenvalue weighted by molar-refractivity contribution is 0.0946. The summed E-state index contributed by atoms with van der Waals surface area (Å²) < 4.78 is 5.21. The van der Waals surface area contributed by atoms with Gasteiger partial charge in [-0.15, -0.1) is 0 Å². The van der Waals surface area contributed by atoms with Gasteiger partial charge in [-0.25, -0.2) is 0 Å². The van der Waals surface area contributed by atoms with Crippen molar-refractivity contribution >= 4 is 12.1 Å². The van der Waals surface area contributed by atoms with Gasteiger partial charge in [0, 0.05) is 17.0 Å². The number of hydrogen-bond donors (Lipinski definition) is 0. The number of carbonyl (C=O) groups is 2. The molecule has 0 spiro atoms. The maximum atomic E-state index is 12.7. The summed E-state index contributed by atoms with van der Waals surface area (Å²) in [5.41, 5.74) is 3.45. The Morgan fingerprint density at radius 2 is 1.90 bits per heavy atom. The summed E-state index contributed by atoms with van der Waals surface area (Å²) in [6, 6.07) is 12.9. The van der Waals surface area contributed by atoms with Crippen LogP contribution in [0.1, 0.15) is 44.2 Å². The molecule has 0 N–H and O–H groups in total. The fourth-order valence-corrected chi connectivity index (χ4v) is 2.89. The van der Waals surface area contributed by atoms with Crippen molar-refractivity contribution in [3.63, 3.8) is 0 Å². The maximum absolute atomic E-state index is 12.7. The summed E-state index contributed by atoms with van der Waals surface area (Å²) in [5, 5.41) is 0. The molecule has 0 saturated heterocycles. The summed E-state index contributed by atoms with van der Waals surface area (Å²) in [7, 11) is 1.63. The molecule has 1 unspecified atom stereocenters. The number of Topliss-reactive ketones (excluding diaryl/α,β-unsaturated/α-hetero) is 1. The molecule has 1 aliphatic carbocycles. The van der Waals surface area contributed by atoms with Crippen LogP contribution in [0.25, 0.3) is 0 Å². The van der Waals surface area contributed by atoms with Crippen LogP contribution in [-0.4, -0.2) is 19.2 Å². The molecule has 1 atom stereocenters. The van der Waals surface area contributed by atoms with Gasteiger partial charge in [-0.2, -0.15) is 0 Å². The zero-order valence-electron chi connectivity index (χ0n) is 11.8. The highest BCUT2D eigenvalue weighted by Gasteiger charge is 2.28. The molecule has 3 rings (SSSR count). The van der Waals surface area contributed by atoms with Crippen LogP contribution in [0.4, 0.5) is 0 Å². The molecule has 0 fully saturated rings. The van der Waals surface area contributed by atoms with Crippen molar-refractivity contribution in [2.24, 2.45) is 0 Å². The van der Waals surface area contributed by atoms with Crippen LogP contribution in [0.15, 0.2) is 42.5 Å². The molecule has 0 heterocycles. The number of fused-ring (bicyclic) bond motifs is 1. The van der Waals surface area contributed by atoms with E-state index in [-0.39, 0.29) is 11.7 Å². The molecule has 2 aromatic carbocycles. The summed E-state index contributed by atoms with van der Waals surface area (Å²) in [5.74, 6) is 0.819. The van der Waals surface area contributed by atoms with Crippen LogP contribution in [-0.2, 0) is 6.42 Å². The average molecular weight is 280 g/mol. The van der Waals surface area contributed by atoms with E-state index in [4.69, 9.17) is 4.74 Å². The first-order valence-corrected chi connectivity index (χ1v) is 6.99. The van der Waals surface area contributed by atoms with Crippen molar-refractivity contribution in [2.75, 3.05) is 7.11 Å². The molecule has 0 aliphatic heterocycles. The zero-order chi connectivity index (χ0) is 14.8. The highest BCUT2D eigenvalue weighted by molar-refractivity contribution is 6.03. The molecule has 0 aromatic heterocycles. The Morgan fingerprint density at radius 1 is 1.14 bits per heavy atom. The third-order valence-corrected chi connectivity index (χ3v) is 4.07. The maximum Gasteiger partial charge on any atom is 0.170 e. The van der Waals surface area contributed by atoms with E-state index >= 15 is 0 Å². The van der Waals surface area contributed by atoms with Crippen molar-refractivity contribution in [1.29, 1.82) is 0 Å². The van der Waals surface area contributed by atoms with Gasteiger partial charge in [-0.05, 0) is 42.2 Å². The topological polar surface area (TPSA) is 43.4 Å². The third kappa shape index (κ3) is 2.47. The molecule has 1 aliphatic rings. The first kappa shape index (κ1) is 13.6. The normalized spacial score (nSPS) is 17.2. The predicted molar refractivity (Wildman–Crippen MR) is 80.2 cm³/mol. The van der Waals surface area contributed by atoms with E-state index in [0.29, 0.717) is 5.56 Å². The lowest BCUT2D eigenvalue weighted by Gasteiger charge is -2.24. The summed E-state index contributed by atoms with van der Waals surface area (Å²) in [4.78, 5) is 23.4. The number of methoxy groups -OCH3 is 1. The second-order valence-corrected chi connectivity index (χ2v) is 5.26. The monoisotopic (exact) mass is 280 g/mol. The number of aryl methyl sites for hydroxylation is 1. The van der Waals surface area contributed by atoms with Gasteiger partial charge in [0.05, 0.1) is 7.11 Å². The van der Waals surface area contributed by atoms with Crippen LogP contribution < -0.4 is 4.74 Å². The van der Waals surface area contributed by atoms with Crippen molar-refractivity contribution in [3.8, 4) is 5.75 Å². The fraction of sp³-hybridized carbons (Fsp3) is 0.222. The van der Waals surface area contributed by atoms with Crippen LogP contribution in [0, 0.1) is 0 Å². The molecule has 3 heteroatoms. The molecule has 0 saturated carbocycles.